The summed E-state index contributed by atoms with van der Waals surface area (Å²) in [5, 5.41) is 8.56. The number of diazo groups is 1. The van der Waals surface area contributed by atoms with Gasteiger partial charge in [-0.1, -0.05) is 0 Å². The number of hydrogen-bond acceptors (Lipinski definition) is 2. The molecule has 0 bridgehead atoms. The van der Waals surface area contributed by atoms with Gasteiger partial charge in [-0.15, -0.1) is 0 Å². The molecule has 0 atom stereocenters. The van der Waals surface area contributed by atoms with Crippen LogP contribution in [0.2, 0.25) is 0 Å². The molecule has 0 aliphatic rings. The summed E-state index contributed by atoms with van der Waals surface area (Å²) in [6, 6.07) is 5.70. The first-order chi connectivity index (χ1) is 7.88. The summed E-state index contributed by atoms with van der Waals surface area (Å²) in [6.07, 6.45) is 0. The Morgan fingerprint density at radius 2 is 1.53 bits per heavy atom. The molecule has 0 radical (unpaired) electrons. The first-order valence-electron chi connectivity index (χ1n) is 4.62. The summed E-state index contributed by atoms with van der Waals surface area (Å²) in [6.45, 7) is 1.92. The summed E-state index contributed by atoms with van der Waals surface area (Å²) < 4.78 is 49.2. The Kier molecular flexibility index (Phi) is 6.84. The fourth-order valence-corrected chi connectivity index (χ4v) is 1.03. The number of hydrogen-bond donors (Lipinski definition) is 0. The predicted octanol–water partition coefficient (Wildman–Crippen LogP) is 2.51. The number of nitrogens with zero attached hydrogens (tertiary/aromatic N) is 3. The molecule has 0 saturated heterocycles. The molecule has 1 aromatic carbocycles. The summed E-state index contributed by atoms with van der Waals surface area (Å²) >= 11 is 0. The van der Waals surface area contributed by atoms with E-state index < -0.39 is 8.16 Å². The second kappa shape index (κ2) is 6.57. The third-order valence-corrected chi connectivity index (χ3v) is 1.80. The molecule has 0 spiro atoms. The summed E-state index contributed by atoms with van der Waals surface area (Å²) in [4.78, 5) is 5.16. The number of aryl methyl sites for hydroxylation is 1. The van der Waals surface area contributed by atoms with Gasteiger partial charge in [0.15, 0.2) is 4.98 Å². The number of rotatable bonds is 1. The normalized spacial score (nSPS) is 11.8. The van der Waals surface area contributed by atoms with E-state index in [1.165, 1.54) is 0 Å². The zero-order valence-corrected chi connectivity index (χ0v) is 11.2. The Hall–Kier alpha value is -1.55. The van der Waals surface area contributed by atoms with E-state index in [1.54, 1.807) is 6.07 Å². The maximum absolute atomic E-state index is 9.84. The van der Waals surface area contributed by atoms with Gasteiger partial charge in [0.05, 0.1) is 0 Å². The van der Waals surface area contributed by atoms with Gasteiger partial charge in [-0.05, 0) is 19.1 Å². The molecular weight excluding hydrogens is 295 g/mol. The van der Waals surface area contributed by atoms with Crippen molar-refractivity contribution in [1.29, 1.82) is 5.39 Å². The minimum Gasteiger partial charge on any atom is -1.00 e. The molecule has 10 heteroatoms. The van der Waals surface area contributed by atoms with E-state index in [0.717, 1.165) is 11.3 Å². The van der Waals surface area contributed by atoms with E-state index >= 15 is 0 Å². The molecule has 1 aromatic rings. The summed E-state index contributed by atoms with van der Waals surface area (Å²) in [5.74, 6) is 0. The average Bonchev–Trinajstić information content (AvgIpc) is 2.13. The molecular formula is C9H12F6N3P. The maximum atomic E-state index is 9.84. The molecule has 110 valence electrons. The van der Waals surface area contributed by atoms with Gasteiger partial charge in [-0.3, -0.25) is 0 Å². The van der Waals surface area contributed by atoms with Crippen LogP contribution in [0.15, 0.2) is 18.2 Å². The molecule has 0 aromatic heterocycles. The standard InChI is InChI=1S/C9H12N3.F5P.FH/c1-7-6-8(12(2)3)4-5-9(7)11-10;1-6(2,3,4)5;/h4-6H,1-3H3;;1H/q+1;;/p-1. The van der Waals surface area contributed by atoms with Gasteiger partial charge in [-0.25, -0.2) is 0 Å². The first kappa shape index (κ1) is 19.8. The molecule has 0 aliphatic heterocycles. The fraction of sp³-hybridized carbons (Fsp3) is 0.333. The van der Waals surface area contributed by atoms with Crippen LogP contribution in [0, 0.1) is 12.3 Å². The van der Waals surface area contributed by atoms with E-state index in [1.807, 2.05) is 38.1 Å². The van der Waals surface area contributed by atoms with Crippen LogP contribution >= 0.6 is 8.16 Å². The van der Waals surface area contributed by atoms with E-state index in [9.17, 15) is 21.0 Å². The summed E-state index contributed by atoms with van der Waals surface area (Å²) in [5.41, 5.74) is 2.71. The minimum absolute atomic E-state index is 0. The van der Waals surface area contributed by atoms with Crippen molar-refractivity contribution >= 4 is 19.5 Å². The molecule has 0 aliphatic carbocycles. The van der Waals surface area contributed by atoms with Crippen LogP contribution < -0.4 is 9.60 Å². The smallest absolute Gasteiger partial charge is 1.00 e. The van der Waals surface area contributed by atoms with Crippen LogP contribution in [0.1, 0.15) is 5.56 Å². The number of anilines is 1. The van der Waals surface area contributed by atoms with Crippen molar-refractivity contribution in [2.75, 3.05) is 19.0 Å². The molecule has 19 heavy (non-hydrogen) atoms. The third kappa shape index (κ3) is 11.3. The Labute approximate surface area is 106 Å². The first-order valence-corrected chi connectivity index (χ1v) is 6.32. The monoisotopic (exact) mass is 307 g/mol. The zero-order chi connectivity index (χ0) is 14.6. The Morgan fingerprint density at radius 1 is 1.11 bits per heavy atom. The molecule has 0 unspecified atom stereocenters. The van der Waals surface area contributed by atoms with Crippen molar-refractivity contribution in [3.05, 3.63) is 28.7 Å². The van der Waals surface area contributed by atoms with Gasteiger partial charge in [0.25, 0.3) is 0 Å². The number of halogens is 6. The second-order valence-electron chi connectivity index (χ2n) is 3.60. The average molecular weight is 307 g/mol. The quantitative estimate of drug-likeness (QED) is 0.453. The van der Waals surface area contributed by atoms with Crippen LogP contribution in [0.5, 0.6) is 0 Å². The maximum Gasteiger partial charge on any atom is -1.00 e. The van der Waals surface area contributed by atoms with E-state index in [2.05, 4.69) is 4.98 Å². The predicted molar refractivity (Wildman–Crippen MR) is 62.7 cm³/mol. The van der Waals surface area contributed by atoms with Crippen molar-refractivity contribution in [2.45, 2.75) is 6.92 Å². The van der Waals surface area contributed by atoms with Gasteiger partial charge < -0.3 is 9.60 Å². The van der Waals surface area contributed by atoms with E-state index in [4.69, 9.17) is 5.39 Å². The summed E-state index contributed by atoms with van der Waals surface area (Å²) in [7, 11) is -4.60. The van der Waals surface area contributed by atoms with Crippen LogP contribution in [0.4, 0.5) is 32.4 Å². The van der Waals surface area contributed by atoms with Gasteiger partial charge in [0.1, 0.15) is 0 Å². The third-order valence-electron chi connectivity index (χ3n) is 1.80. The molecule has 3 nitrogen and oxygen atoms in total. The number of benzene rings is 1. The van der Waals surface area contributed by atoms with Gasteiger partial charge in [0.2, 0.25) is 5.39 Å². The van der Waals surface area contributed by atoms with E-state index in [0.29, 0.717) is 5.69 Å². The molecule has 0 heterocycles. The van der Waals surface area contributed by atoms with Gasteiger partial charge in [-0.2, -0.15) is 0 Å². The molecule has 0 fully saturated rings. The zero-order valence-electron chi connectivity index (χ0n) is 10.3. The second-order valence-corrected chi connectivity index (χ2v) is 4.88. The molecule has 0 saturated carbocycles. The Balaban J connectivity index is 0. The van der Waals surface area contributed by atoms with Gasteiger partial charge in [0, 0.05) is 31.4 Å². The SMILES string of the molecule is Cc1cc(N(C)C)ccc1[N+]#N.FP(F)(F)(F)F.[F-]. The van der Waals surface area contributed by atoms with Crippen molar-refractivity contribution in [2.24, 2.45) is 0 Å². The van der Waals surface area contributed by atoms with Crippen molar-refractivity contribution in [1.82, 2.24) is 0 Å². The van der Waals surface area contributed by atoms with Crippen LogP contribution in [-0.4, -0.2) is 14.1 Å². The largest absolute Gasteiger partial charge is 1.00 e. The van der Waals surface area contributed by atoms with E-state index in [-0.39, 0.29) is 4.70 Å². The van der Waals surface area contributed by atoms with Crippen LogP contribution in [0.3, 0.4) is 0 Å². The Bertz CT molecular complexity index is 446. The topological polar surface area (TPSA) is 31.4 Å². The fourth-order valence-electron chi connectivity index (χ4n) is 1.03. The Morgan fingerprint density at radius 3 is 1.79 bits per heavy atom. The van der Waals surface area contributed by atoms with Crippen LogP contribution in [0.25, 0.3) is 4.98 Å². The molecule has 0 N–H and O–H groups in total. The van der Waals surface area contributed by atoms with Crippen LogP contribution in [-0.2, 0) is 0 Å². The minimum atomic E-state index is -8.55. The van der Waals surface area contributed by atoms with Gasteiger partial charge >= 0.3 is 34.8 Å². The van der Waals surface area contributed by atoms with Crippen molar-refractivity contribution < 1.29 is 25.7 Å². The van der Waals surface area contributed by atoms with Crippen molar-refractivity contribution in [3.8, 4) is 0 Å². The van der Waals surface area contributed by atoms with Crippen molar-refractivity contribution in [3.63, 3.8) is 0 Å². The molecule has 0 amide bonds. The molecule has 1 rings (SSSR count).